The van der Waals surface area contributed by atoms with Crippen LogP contribution in [0, 0.1) is 12.7 Å². The molecular weight excluding hydrogens is 501 g/mol. The molecule has 1 saturated carbocycles. The number of hydrogen-bond acceptors (Lipinski definition) is 2. The molecule has 2 aromatic heterocycles. The highest BCUT2D eigenvalue weighted by Gasteiger charge is 2.40. The van der Waals surface area contributed by atoms with Crippen molar-refractivity contribution in [2.75, 3.05) is 0 Å². The number of imidazole rings is 1. The Kier molecular flexibility index (Phi) is 5.92. The average Bonchev–Trinajstić information content (AvgIpc) is 3.27. The summed E-state index contributed by atoms with van der Waals surface area (Å²) in [6, 6.07) is 24.3. The number of nitrogens with one attached hydrogen (secondary N) is 1. The average molecular weight is 526 g/mol. The normalized spacial score (nSPS) is 14.3. The number of amides is 1. The van der Waals surface area contributed by atoms with Crippen LogP contribution in [0.5, 0.6) is 0 Å². The van der Waals surface area contributed by atoms with Crippen molar-refractivity contribution in [1.82, 2.24) is 14.7 Å². The van der Waals surface area contributed by atoms with E-state index in [0.29, 0.717) is 5.02 Å². The molecular formula is C31H25ClFN3O2. The zero-order valence-corrected chi connectivity index (χ0v) is 21.5. The first-order valence-electron chi connectivity index (χ1n) is 12.5. The summed E-state index contributed by atoms with van der Waals surface area (Å²) < 4.78 is 15.7. The van der Waals surface area contributed by atoms with Gasteiger partial charge in [0.15, 0.2) is 0 Å². The monoisotopic (exact) mass is 525 g/mol. The molecule has 7 heteroatoms. The molecule has 0 bridgehead atoms. The molecule has 0 atom stereocenters. The third kappa shape index (κ3) is 4.02. The number of hydrogen-bond donors (Lipinski definition) is 2. The quantitative estimate of drug-likeness (QED) is 0.244. The summed E-state index contributed by atoms with van der Waals surface area (Å²) in [6.45, 7) is 1.94. The molecule has 38 heavy (non-hydrogen) atoms. The molecule has 0 radical (unpaired) electrons. The van der Waals surface area contributed by atoms with Gasteiger partial charge in [0.1, 0.15) is 11.5 Å². The predicted octanol–water partition coefficient (Wildman–Crippen LogP) is 8.08. The van der Waals surface area contributed by atoms with Crippen LogP contribution in [0.25, 0.3) is 39.3 Å². The van der Waals surface area contributed by atoms with Crippen LogP contribution in [0.15, 0.2) is 85.1 Å². The van der Waals surface area contributed by atoms with Crippen LogP contribution in [0.3, 0.4) is 0 Å². The zero-order valence-electron chi connectivity index (χ0n) is 20.7. The van der Waals surface area contributed by atoms with Crippen molar-refractivity contribution in [3.05, 3.63) is 107 Å². The zero-order chi connectivity index (χ0) is 26.4. The highest BCUT2D eigenvalue weighted by atomic mass is 35.5. The van der Waals surface area contributed by atoms with E-state index in [-0.39, 0.29) is 5.82 Å². The second kappa shape index (κ2) is 9.30. The van der Waals surface area contributed by atoms with E-state index < -0.39 is 11.6 Å². The fourth-order valence-electron chi connectivity index (χ4n) is 5.44. The lowest BCUT2D eigenvalue weighted by atomic mass is 9.72. The van der Waals surface area contributed by atoms with E-state index in [2.05, 4.69) is 5.32 Å². The van der Waals surface area contributed by atoms with Crippen molar-refractivity contribution < 1.29 is 14.3 Å². The van der Waals surface area contributed by atoms with Crippen LogP contribution < -0.4 is 5.32 Å². The molecule has 0 saturated heterocycles. The maximum Gasteiger partial charge on any atom is 0.405 e. The molecule has 5 nitrogen and oxygen atoms in total. The fourth-order valence-corrected chi connectivity index (χ4v) is 5.63. The molecule has 3 aromatic carbocycles. The Morgan fingerprint density at radius 3 is 2.24 bits per heavy atom. The second-order valence-electron chi connectivity index (χ2n) is 9.80. The highest BCUT2D eigenvalue weighted by Crippen LogP contribution is 2.43. The molecule has 0 unspecified atom stereocenters. The number of halogens is 2. The van der Waals surface area contributed by atoms with Gasteiger partial charge in [-0.15, -0.1) is 0 Å². The van der Waals surface area contributed by atoms with Crippen molar-refractivity contribution in [3.63, 3.8) is 0 Å². The van der Waals surface area contributed by atoms with E-state index in [1.165, 1.54) is 12.1 Å². The van der Waals surface area contributed by atoms with E-state index in [1.54, 1.807) is 12.1 Å². The second-order valence-corrected chi connectivity index (χ2v) is 10.2. The minimum absolute atomic E-state index is 0.305. The molecule has 1 fully saturated rings. The van der Waals surface area contributed by atoms with Gasteiger partial charge in [0.05, 0.1) is 21.9 Å². The summed E-state index contributed by atoms with van der Waals surface area (Å²) in [5, 5.41) is 12.7. The van der Waals surface area contributed by atoms with E-state index in [4.69, 9.17) is 16.6 Å². The van der Waals surface area contributed by atoms with Gasteiger partial charge >= 0.3 is 6.09 Å². The maximum absolute atomic E-state index is 13.7. The van der Waals surface area contributed by atoms with E-state index in [0.717, 1.165) is 69.7 Å². The van der Waals surface area contributed by atoms with Crippen LogP contribution in [-0.4, -0.2) is 20.6 Å². The Morgan fingerprint density at radius 2 is 1.63 bits per heavy atom. The first kappa shape index (κ1) is 24.2. The van der Waals surface area contributed by atoms with Gasteiger partial charge in [-0.2, -0.15) is 0 Å². The van der Waals surface area contributed by atoms with Crippen LogP contribution in [-0.2, 0) is 5.54 Å². The molecule has 5 aromatic rings. The number of carboxylic acid groups (broad SMARTS) is 1. The Balaban J connectivity index is 1.57. The van der Waals surface area contributed by atoms with Gasteiger partial charge < -0.3 is 10.4 Å². The van der Waals surface area contributed by atoms with Crippen LogP contribution in [0.1, 0.15) is 30.4 Å². The minimum Gasteiger partial charge on any atom is -0.465 e. The van der Waals surface area contributed by atoms with Crippen molar-refractivity contribution >= 4 is 23.3 Å². The summed E-state index contributed by atoms with van der Waals surface area (Å²) >= 11 is 6.75. The summed E-state index contributed by atoms with van der Waals surface area (Å²) in [4.78, 5) is 16.6. The number of nitrogens with zero attached hydrogens (tertiary/aromatic N) is 2. The third-order valence-electron chi connectivity index (χ3n) is 7.55. The number of aromatic nitrogens is 2. The van der Waals surface area contributed by atoms with Gasteiger partial charge in [-0.3, -0.25) is 4.40 Å². The molecule has 2 heterocycles. The number of benzene rings is 3. The van der Waals surface area contributed by atoms with E-state index >= 15 is 0 Å². The van der Waals surface area contributed by atoms with Gasteiger partial charge in [0.2, 0.25) is 0 Å². The minimum atomic E-state index is -1.01. The van der Waals surface area contributed by atoms with Gasteiger partial charge in [-0.25, -0.2) is 14.2 Å². The molecule has 1 aliphatic carbocycles. The Labute approximate surface area is 224 Å². The number of rotatable bonds is 5. The fraction of sp³-hybridized carbons (Fsp3) is 0.161. The van der Waals surface area contributed by atoms with Gasteiger partial charge in [0.25, 0.3) is 0 Å². The molecule has 1 aliphatic rings. The Bertz CT molecular complexity index is 1660. The molecule has 1 amide bonds. The lowest BCUT2D eigenvalue weighted by Gasteiger charge is -2.42. The first-order valence-corrected chi connectivity index (χ1v) is 12.9. The SMILES string of the molecule is Cc1c(Cl)cn2c(-c3ccccc3)c(-c3ccc(C4(NC(=O)O)CCC4)cc3)nc2c1-c1ccc(F)cc1. The van der Waals surface area contributed by atoms with Crippen molar-refractivity contribution in [2.24, 2.45) is 0 Å². The summed E-state index contributed by atoms with van der Waals surface area (Å²) in [5.41, 5.74) is 7.22. The van der Waals surface area contributed by atoms with Gasteiger partial charge in [0, 0.05) is 22.9 Å². The number of pyridine rings is 1. The van der Waals surface area contributed by atoms with Crippen molar-refractivity contribution in [3.8, 4) is 33.6 Å². The van der Waals surface area contributed by atoms with Gasteiger partial charge in [-0.05, 0) is 55.0 Å². The van der Waals surface area contributed by atoms with E-state index in [1.807, 2.05) is 72.1 Å². The van der Waals surface area contributed by atoms with Crippen LogP contribution >= 0.6 is 11.6 Å². The standard InChI is InChI=1S/C31H25ClFN3O2/c1-19-25(32)18-36-28(22-6-3-2-4-7-22)27(34-29(36)26(19)20-10-14-24(33)15-11-20)21-8-12-23(13-9-21)31(16-5-17-31)35-30(37)38/h2-4,6-15,18,35H,5,16-17H2,1H3,(H,37,38). The molecule has 0 spiro atoms. The lowest BCUT2D eigenvalue weighted by Crippen LogP contribution is -2.50. The van der Waals surface area contributed by atoms with Crippen LogP contribution in [0.2, 0.25) is 5.02 Å². The number of carbonyl (C=O) groups is 1. The smallest absolute Gasteiger partial charge is 0.405 e. The molecule has 190 valence electrons. The topological polar surface area (TPSA) is 66.6 Å². The lowest BCUT2D eigenvalue weighted by molar-refractivity contribution is 0.144. The predicted molar refractivity (Wildman–Crippen MR) is 148 cm³/mol. The van der Waals surface area contributed by atoms with Crippen LogP contribution in [0.4, 0.5) is 9.18 Å². The number of fused-ring (bicyclic) bond motifs is 1. The Hall–Kier alpha value is -4.16. The summed E-state index contributed by atoms with van der Waals surface area (Å²) in [7, 11) is 0. The van der Waals surface area contributed by atoms with E-state index in [9.17, 15) is 14.3 Å². The Morgan fingerprint density at radius 1 is 0.974 bits per heavy atom. The van der Waals surface area contributed by atoms with Crippen molar-refractivity contribution in [2.45, 2.75) is 31.7 Å². The largest absolute Gasteiger partial charge is 0.465 e. The molecule has 6 rings (SSSR count). The summed E-state index contributed by atoms with van der Waals surface area (Å²) in [6.07, 6.45) is 3.41. The molecule has 2 N–H and O–H groups in total. The first-order chi connectivity index (χ1) is 18.4. The maximum atomic E-state index is 13.7. The van der Waals surface area contributed by atoms with Gasteiger partial charge in [-0.1, -0.05) is 78.3 Å². The third-order valence-corrected chi connectivity index (χ3v) is 7.94. The molecule has 0 aliphatic heterocycles. The van der Waals surface area contributed by atoms with Crippen molar-refractivity contribution in [1.29, 1.82) is 0 Å². The summed E-state index contributed by atoms with van der Waals surface area (Å²) in [5.74, 6) is -0.305. The highest BCUT2D eigenvalue weighted by molar-refractivity contribution is 6.32.